The van der Waals surface area contributed by atoms with Crippen molar-refractivity contribution in [2.45, 2.75) is 27.7 Å². The van der Waals surface area contributed by atoms with Gasteiger partial charge in [0.15, 0.2) is 0 Å². The van der Waals surface area contributed by atoms with E-state index in [1.165, 1.54) is 11.1 Å². The summed E-state index contributed by atoms with van der Waals surface area (Å²) in [6, 6.07) is 4.15. The highest BCUT2D eigenvalue weighted by Gasteiger charge is 2.00. The fourth-order valence-corrected chi connectivity index (χ4v) is 1.32. The number of aromatic nitrogens is 2. The molecule has 1 aromatic heterocycles. The predicted octanol–water partition coefficient (Wildman–Crippen LogP) is 3.27. The van der Waals surface area contributed by atoms with E-state index >= 15 is 0 Å². The van der Waals surface area contributed by atoms with E-state index in [-0.39, 0.29) is 0 Å². The maximum absolute atomic E-state index is 4.28. The minimum atomic E-state index is 1.01. The first kappa shape index (κ1) is 10.6. The lowest BCUT2D eigenvalue weighted by atomic mass is 10.1. The second kappa shape index (κ2) is 4.70. The number of nitrogens with zero attached hydrogens (tertiary/aromatic N) is 2. The molecule has 2 aromatic rings. The van der Waals surface area contributed by atoms with E-state index in [2.05, 4.69) is 35.9 Å². The van der Waals surface area contributed by atoms with E-state index in [0.29, 0.717) is 0 Å². The van der Waals surface area contributed by atoms with Gasteiger partial charge in [-0.3, -0.25) is 9.97 Å². The Balaban J connectivity index is 0.000000461. The fourth-order valence-electron chi connectivity index (χ4n) is 1.32. The lowest BCUT2D eigenvalue weighted by Crippen LogP contribution is -1.88. The molecule has 2 heteroatoms. The molecule has 0 N–H and O–H groups in total. The van der Waals surface area contributed by atoms with E-state index in [1.807, 2.05) is 13.8 Å². The summed E-state index contributed by atoms with van der Waals surface area (Å²) >= 11 is 0. The first-order chi connectivity index (χ1) is 6.79. The van der Waals surface area contributed by atoms with Gasteiger partial charge in [-0.25, -0.2) is 0 Å². The van der Waals surface area contributed by atoms with Crippen LogP contribution in [0.15, 0.2) is 24.5 Å². The number of aryl methyl sites for hydroxylation is 2. The topological polar surface area (TPSA) is 25.8 Å². The minimum absolute atomic E-state index is 1.01. The molecule has 0 amide bonds. The third kappa shape index (κ3) is 1.90. The molecule has 14 heavy (non-hydrogen) atoms. The largest absolute Gasteiger partial charge is 0.253 e. The zero-order valence-corrected chi connectivity index (χ0v) is 9.20. The normalized spacial score (nSPS) is 9.43. The van der Waals surface area contributed by atoms with Crippen LogP contribution < -0.4 is 0 Å². The van der Waals surface area contributed by atoms with Gasteiger partial charge in [0.25, 0.3) is 0 Å². The number of benzene rings is 1. The molecule has 0 atom stereocenters. The predicted molar refractivity (Wildman–Crippen MR) is 60.4 cm³/mol. The van der Waals surface area contributed by atoms with Gasteiger partial charge >= 0.3 is 0 Å². The van der Waals surface area contributed by atoms with Crippen LogP contribution in [-0.4, -0.2) is 9.97 Å². The number of hydrogen-bond donors (Lipinski definition) is 0. The number of rotatable bonds is 0. The molecule has 0 unspecified atom stereocenters. The van der Waals surface area contributed by atoms with E-state index in [4.69, 9.17) is 0 Å². The highest BCUT2D eigenvalue weighted by Crippen LogP contribution is 2.16. The van der Waals surface area contributed by atoms with Crippen LogP contribution in [0.3, 0.4) is 0 Å². The number of fused-ring (bicyclic) bond motifs is 1. The molecule has 1 aromatic carbocycles. The Labute approximate surface area is 85.0 Å². The average Bonchev–Trinajstić information content (AvgIpc) is 2.27. The third-order valence-corrected chi connectivity index (χ3v) is 2.03. The molecule has 74 valence electrons. The van der Waals surface area contributed by atoms with Gasteiger partial charge in [-0.15, -0.1) is 0 Å². The average molecular weight is 188 g/mol. The smallest absolute Gasteiger partial charge is 0.0918 e. The molecule has 1 heterocycles. The van der Waals surface area contributed by atoms with Crippen molar-refractivity contribution in [2.75, 3.05) is 0 Å². The van der Waals surface area contributed by atoms with Crippen LogP contribution in [0.25, 0.3) is 11.0 Å². The molecule has 2 rings (SSSR count). The lowest BCUT2D eigenvalue weighted by Gasteiger charge is -2.01. The zero-order chi connectivity index (χ0) is 10.6. The summed E-state index contributed by atoms with van der Waals surface area (Å²) in [6.45, 7) is 8.10. The molecule has 0 bridgehead atoms. The first-order valence-electron chi connectivity index (χ1n) is 4.96. The standard InChI is InChI=1S/C10H10N2.C2H6/c1-7-3-4-8(2)10-9(7)11-5-6-12-10;1-2/h3-6H,1-2H3;1-2H3. The van der Waals surface area contributed by atoms with Crippen LogP contribution in [-0.2, 0) is 0 Å². The Hall–Kier alpha value is -1.44. The van der Waals surface area contributed by atoms with Gasteiger partial charge in [0, 0.05) is 12.4 Å². The summed E-state index contributed by atoms with van der Waals surface area (Å²) in [5.74, 6) is 0. The molecule has 0 saturated heterocycles. The molecule has 0 aliphatic heterocycles. The van der Waals surface area contributed by atoms with Gasteiger partial charge in [0.05, 0.1) is 11.0 Å². The van der Waals surface area contributed by atoms with Crippen LogP contribution >= 0.6 is 0 Å². The van der Waals surface area contributed by atoms with Gasteiger partial charge in [-0.05, 0) is 25.0 Å². The van der Waals surface area contributed by atoms with E-state index < -0.39 is 0 Å². The van der Waals surface area contributed by atoms with Crippen molar-refractivity contribution in [3.05, 3.63) is 35.7 Å². The number of hydrogen-bond acceptors (Lipinski definition) is 2. The Morgan fingerprint density at radius 2 is 1.14 bits per heavy atom. The summed E-state index contributed by atoms with van der Waals surface area (Å²) in [7, 11) is 0. The summed E-state index contributed by atoms with van der Waals surface area (Å²) in [4.78, 5) is 8.56. The summed E-state index contributed by atoms with van der Waals surface area (Å²) in [5.41, 5.74) is 4.39. The first-order valence-corrected chi connectivity index (χ1v) is 4.96. The van der Waals surface area contributed by atoms with Crippen molar-refractivity contribution >= 4 is 11.0 Å². The van der Waals surface area contributed by atoms with Crippen molar-refractivity contribution in [1.82, 2.24) is 9.97 Å². The molecular formula is C12H16N2. The van der Waals surface area contributed by atoms with Gasteiger partial charge in [-0.2, -0.15) is 0 Å². The van der Waals surface area contributed by atoms with Crippen LogP contribution in [0, 0.1) is 13.8 Å². The highest BCUT2D eigenvalue weighted by atomic mass is 14.8. The third-order valence-electron chi connectivity index (χ3n) is 2.03. The summed E-state index contributed by atoms with van der Waals surface area (Å²) < 4.78 is 0. The summed E-state index contributed by atoms with van der Waals surface area (Å²) in [5, 5.41) is 0. The molecule has 0 saturated carbocycles. The maximum Gasteiger partial charge on any atom is 0.0918 e. The Morgan fingerprint density at radius 3 is 1.50 bits per heavy atom. The quantitative estimate of drug-likeness (QED) is 0.634. The lowest BCUT2D eigenvalue weighted by molar-refractivity contribution is 1.25. The van der Waals surface area contributed by atoms with E-state index in [9.17, 15) is 0 Å². The van der Waals surface area contributed by atoms with E-state index in [0.717, 1.165) is 11.0 Å². The monoisotopic (exact) mass is 188 g/mol. The van der Waals surface area contributed by atoms with Crippen LogP contribution in [0.4, 0.5) is 0 Å². The molecular weight excluding hydrogens is 172 g/mol. The molecule has 0 spiro atoms. The maximum atomic E-state index is 4.28. The molecule has 2 nitrogen and oxygen atoms in total. The Bertz CT molecular complexity index is 381. The van der Waals surface area contributed by atoms with Crippen molar-refractivity contribution < 1.29 is 0 Å². The van der Waals surface area contributed by atoms with Crippen molar-refractivity contribution in [3.8, 4) is 0 Å². The van der Waals surface area contributed by atoms with Crippen molar-refractivity contribution in [3.63, 3.8) is 0 Å². The minimum Gasteiger partial charge on any atom is -0.253 e. The SMILES string of the molecule is CC.Cc1ccc(C)c2nccnc12. The molecule has 0 aliphatic rings. The Kier molecular flexibility index (Phi) is 3.57. The summed E-state index contributed by atoms with van der Waals surface area (Å²) in [6.07, 6.45) is 3.46. The Morgan fingerprint density at radius 1 is 0.786 bits per heavy atom. The second-order valence-electron chi connectivity index (χ2n) is 2.95. The molecule has 0 fully saturated rings. The fraction of sp³-hybridized carbons (Fsp3) is 0.333. The zero-order valence-electron chi connectivity index (χ0n) is 9.20. The van der Waals surface area contributed by atoms with Crippen molar-refractivity contribution in [1.29, 1.82) is 0 Å². The van der Waals surface area contributed by atoms with Crippen LogP contribution in [0.1, 0.15) is 25.0 Å². The second-order valence-corrected chi connectivity index (χ2v) is 2.95. The molecule has 0 radical (unpaired) electrons. The van der Waals surface area contributed by atoms with E-state index in [1.54, 1.807) is 12.4 Å². The van der Waals surface area contributed by atoms with Gasteiger partial charge in [-0.1, -0.05) is 26.0 Å². The molecule has 0 aliphatic carbocycles. The van der Waals surface area contributed by atoms with Gasteiger partial charge in [0.1, 0.15) is 0 Å². The van der Waals surface area contributed by atoms with Crippen molar-refractivity contribution in [2.24, 2.45) is 0 Å². The van der Waals surface area contributed by atoms with Crippen LogP contribution in [0.5, 0.6) is 0 Å². The van der Waals surface area contributed by atoms with Crippen LogP contribution in [0.2, 0.25) is 0 Å². The van der Waals surface area contributed by atoms with Gasteiger partial charge < -0.3 is 0 Å². The van der Waals surface area contributed by atoms with Gasteiger partial charge in [0.2, 0.25) is 0 Å². The highest BCUT2D eigenvalue weighted by molar-refractivity contribution is 5.80.